The summed E-state index contributed by atoms with van der Waals surface area (Å²) in [6.07, 6.45) is -11.0. The van der Waals surface area contributed by atoms with E-state index >= 15 is 0 Å². The minimum Gasteiger partial charge on any atom is -0.479 e. The van der Waals surface area contributed by atoms with E-state index in [-0.39, 0.29) is 0 Å². The van der Waals surface area contributed by atoms with Gasteiger partial charge in [-0.2, -0.15) is 8.42 Å². The summed E-state index contributed by atoms with van der Waals surface area (Å²) >= 11 is 0. The Morgan fingerprint density at radius 1 is 0.735 bits per heavy atom. The summed E-state index contributed by atoms with van der Waals surface area (Å²) in [7, 11) is 3.27. The van der Waals surface area contributed by atoms with Crippen LogP contribution in [0.4, 0.5) is 0 Å². The lowest BCUT2D eigenvalue weighted by atomic mass is 9.96. The highest BCUT2D eigenvalue weighted by atomic mass is 32.3. The Balaban J connectivity index is 2.39. The third-order valence-electron chi connectivity index (χ3n) is 5.60. The molecular formula is C18H32O15S. The van der Waals surface area contributed by atoms with Gasteiger partial charge in [-0.15, -0.1) is 0 Å². The first-order valence-corrected chi connectivity index (χ1v) is 11.4. The van der Waals surface area contributed by atoms with Crippen molar-refractivity contribution >= 4 is 16.4 Å². The largest absolute Gasteiger partial charge is 0.479 e. The Morgan fingerprint density at radius 3 is 1.68 bits per heavy atom. The van der Waals surface area contributed by atoms with Crippen LogP contribution in [-0.4, -0.2) is 135 Å². The van der Waals surface area contributed by atoms with E-state index in [2.05, 4.69) is 4.18 Å². The molecule has 0 aliphatic carbocycles. The van der Waals surface area contributed by atoms with Crippen molar-refractivity contribution in [3.8, 4) is 0 Å². The molecule has 34 heavy (non-hydrogen) atoms. The monoisotopic (exact) mass is 520 g/mol. The predicted molar refractivity (Wildman–Crippen MR) is 108 cm³/mol. The zero-order chi connectivity index (χ0) is 25.6. The van der Waals surface area contributed by atoms with E-state index < -0.39 is 84.4 Å². The second-order valence-electron chi connectivity index (χ2n) is 7.36. The van der Waals surface area contributed by atoms with Crippen molar-refractivity contribution in [2.45, 2.75) is 61.4 Å². The number of ether oxygens (including phenoxy) is 9. The van der Waals surface area contributed by atoms with Gasteiger partial charge in [-0.3, -0.25) is 4.55 Å². The molecule has 2 saturated heterocycles. The second-order valence-corrected chi connectivity index (χ2v) is 8.45. The SMILES string of the molecule is COC1C(OC)[C@H](OC)[C@H](COS(=O)(=O)O)O[C@@H]1O[C@H]1C(OC)C(OC)[C@H](OC)O[C@H]1C(=O)O. The number of carbonyl (C=O) groups is 1. The number of methoxy groups -OCH3 is 6. The first-order valence-electron chi connectivity index (χ1n) is 10.0. The number of rotatable bonds is 12. The summed E-state index contributed by atoms with van der Waals surface area (Å²) in [5, 5.41) is 9.76. The summed E-state index contributed by atoms with van der Waals surface area (Å²) < 4.78 is 85.4. The molecule has 0 aromatic carbocycles. The van der Waals surface area contributed by atoms with E-state index in [1.807, 2.05) is 0 Å². The minimum absolute atomic E-state index is 0.656. The molecule has 0 aromatic heterocycles. The van der Waals surface area contributed by atoms with Crippen molar-refractivity contribution in [2.24, 2.45) is 0 Å². The molecular weight excluding hydrogens is 488 g/mol. The molecule has 15 nitrogen and oxygen atoms in total. The van der Waals surface area contributed by atoms with Crippen LogP contribution in [-0.2, 0) is 62.0 Å². The van der Waals surface area contributed by atoms with E-state index in [1.54, 1.807) is 0 Å². The average molecular weight is 521 g/mol. The Bertz CT molecular complexity index is 748. The van der Waals surface area contributed by atoms with Crippen molar-refractivity contribution in [3.05, 3.63) is 0 Å². The fourth-order valence-corrected chi connectivity index (χ4v) is 4.40. The molecule has 0 amide bonds. The molecule has 0 radical (unpaired) electrons. The summed E-state index contributed by atoms with van der Waals surface area (Å²) in [6, 6.07) is 0. The summed E-state index contributed by atoms with van der Waals surface area (Å²) in [4.78, 5) is 12.0. The zero-order valence-electron chi connectivity index (χ0n) is 19.6. The Labute approximate surface area is 197 Å². The molecule has 0 aromatic rings. The molecule has 2 rings (SSSR count). The maximum absolute atomic E-state index is 12.0. The second kappa shape index (κ2) is 12.8. The van der Waals surface area contributed by atoms with E-state index in [1.165, 1.54) is 42.7 Å². The van der Waals surface area contributed by atoms with Crippen molar-refractivity contribution in [3.63, 3.8) is 0 Å². The predicted octanol–water partition coefficient (Wildman–Crippen LogP) is -1.55. The maximum Gasteiger partial charge on any atom is 0.397 e. The van der Waals surface area contributed by atoms with E-state index in [0.717, 1.165) is 0 Å². The zero-order valence-corrected chi connectivity index (χ0v) is 20.4. The van der Waals surface area contributed by atoms with E-state index in [9.17, 15) is 18.3 Å². The molecule has 200 valence electrons. The van der Waals surface area contributed by atoms with Crippen molar-refractivity contribution in [1.29, 1.82) is 0 Å². The van der Waals surface area contributed by atoms with Gasteiger partial charge in [-0.1, -0.05) is 0 Å². The van der Waals surface area contributed by atoms with Gasteiger partial charge in [-0.05, 0) is 0 Å². The molecule has 2 N–H and O–H groups in total. The molecule has 4 unspecified atom stereocenters. The van der Waals surface area contributed by atoms with Gasteiger partial charge in [0.25, 0.3) is 0 Å². The van der Waals surface area contributed by atoms with Gasteiger partial charge >= 0.3 is 16.4 Å². The third kappa shape index (κ3) is 6.59. The fraction of sp³-hybridized carbons (Fsp3) is 0.944. The molecule has 0 saturated carbocycles. The molecule has 2 heterocycles. The Hall–Kier alpha value is -1.02. The number of carboxylic acids is 1. The highest BCUT2D eigenvalue weighted by Crippen LogP contribution is 2.34. The summed E-state index contributed by atoms with van der Waals surface area (Å²) in [5.41, 5.74) is 0. The van der Waals surface area contributed by atoms with Gasteiger partial charge < -0.3 is 47.7 Å². The van der Waals surface area contributed by atoms with Gasteiger partial charge in [0, 0.05) is 42.7 Å². The third-order valence-corrected chi connectivity index (χ3v) is 6.03. The van der Waals surface area contributed by atoms with Gasteiger partial charge in [-0.25, -0.2) is 8.98 Å². The topological polar surface area (TPSA) is 184 Å². The van der Waals surface area contributed by atoms with Crippen molar-refractivity contribution in [2.75, 3.05) is 49.3 Å². The highest BCUT2D eigenvalue weighted by molar-refractivity contribution is 7.80. The van der Waals surface area contributed by atoms with Crippen molar-refractivity contribution < 1.29 is 69.7 Å². The fourth-order valence-electron chi connectivity index (χ4n) is 4.10. The van der Waals surface area contributed by atoms with Crippen molar-refractivity contribution in [1.82, 2.24) is 0 Å². The molecule has 2 aliphatic heterocycles. The van der Waals surface area contributed by atoms with Crippen LogP contribution in [0.5, 0.6) is 0 Å². The van der Waals surface area contributed by atoms with Crippen LogP contribution in [0.25, 0.3) is 0 Å². The van der Waals surface area contributed by atoms with Crippen LogP contribution >= 0.6 is 0 Å². The molecule has 2 fully saturated rings. The van der Waals surface area contributed by atoms with Crippen LogP contribution in [0.1, 0.15) is 0 Å². The van der Waals surface area contributed by atoms with Gasteiger partial charge in [0.1, 0.15) is 42.7 Å². The smallest absolute Gasteiger partial charge is 0.397 e. The number of carboxylic acid groups (broad SMARTS) is 1. The minimum atomic E-state index is -4.79. The van der Waals surface area contributed by atoms with Gasteiger partial charge in [0.05, 0.1) is 6.61 Å². The lowest BCUT2D eigenvalue weighted by Gasteiger charge is -2.48. The first kappa shape index (κ1) is 29.2. The summed E-state index contributed by atoms with van der Waals surface area (Å²) in [5.74, 6) is -1.36. The molecule has 10 atom stereocenters. The quantitative estimate of drug-likeness (QED) is 0.282. The molecule has 2 aliphatic rings. The Morgan fingerprint density at radius 2 is 1.24 bits per heavy atom. The van der Waals surface area contributed by atoms with Crippen LogP contribution in [0.3, 0.4) is 0 Å². The first-order chi connectivity index (χ1) is 16.1. The lowest BCUT2D eigenvalue weighted by molar-refractivity contribution is -0.359. The number of hydrogen-bond acceptors (Lipinski definition) is 13. The molecule has 16 heteroatoms. The number of aliphatic carboxylic acids is 1. The lowest BCUT2D eigenvalue weighted by Crippen LogP contribution is -2.66. The van der Waals surface area contributed by atoms with Crippen LogP contribution in [0.2, 0.25) is 0 Å². The standard InChI is InChI=1S/C18H32O15S/c1-24-9-8(7-30-34(21,22)23)31-18(15(28-5)10(9)25-2)32-12-11(26-3)14(27-4)17(29-6)33-13(12)16(19)20/h8-15,17-18H,7H2,1-6H3,(H,19,20)(H,21,22,23)/t8-,9+,10?,11?,12-,13+,14?,15?,17+,18+/m0/s1. The molecule has 0 bridgehead atoms. The Kier molecular flexibility index (Phi) is 11.0. The summed E-state index contributed by atoms with van der Waals surface area (Å²) in [6.45, 7) is -0.656. The van der Waals surface area contributed by atoms with Crippen LogP contribution in [0.15, 0.2) is 0 Å². The van der Waals surface area contributed by atoms with E-state index in [4.69, 9.17) is 47.2 Å². The number of hydrogen-bond donors (Lipinski definition) is 2. The van der Waals surface area contributed by atoms with Gasteiger partial charge in [0.15, 0.2) is 18.7 Å². The van der Waals surface area contributed by atoms with Crippen LogP contribution in [0, 0.1) is 0 Å². The van der Waals surface area contributed by atoms with Gasteiger partial charge in [0.2, 0.25) is 0 Å². The maximum atomic E-state index is 12.0. The van der Waals surface area contributed by atoms with E-state index in [0.29, 0.717) is 0 Å². The van der Waals surface area contributed by atoms with Crippen LogP contribution < -0.4 is 0 Å². The molecule has 0 spiro atoms. The normalized spacial score (nSPS) is 39.1. The average Bonchev–Trinajstić information content (AvgIpc) is 2.80. The highest BCUT2D eigenvalue weighted by Gasteiger charge is 2.55.